The van der Waals surface area contributed by atoms with Crippen LogP contribution in [0.25, 0.3) is 12.2 Å². The summed E-state index contributed by atoms with van der Waals surface area (Å²) in [5, 5.41) is 3.32. The van der Waals surface area contributed by atoms with Crippen LogP contribution in [0.5, 0.6) is 0 Å². The van der Waals surface area contributed by atoms with Gasteiger partial charge < -0.3 is 5.32 Å². The Morgan fingerprint density at radius 2 is 2.21 bits per heavy atom. The van der Waals surface area contributed by atoms with Gasteiger partial charge in [-0.05, 0) is 25.5 Å². The van der Waals surface area contributed by atoms with E-state index < -0.39 is 0 Å². The number of nitrogens with one attached hydrogen (secondary N) is 1. The van der Waals surface area contributed by atoms with E-state index in [2.05, 4.69) is 43.1 Å². The van der Waals surface area contributed by atoms with Gasteiger partial charge in [-0.15, -0.1) is 0 Å². The molecular formula is C13H17N. The number of rotatable bonds is 4. The summed E-state index contributed by atoms with van der Waals surface area (Å²) in [5.41, 5.74) is 3.53. The molecule has 0 saturated heterocycles. The van der Waals surface area contributed by atoms with Gasteiger partial charge in [0, 0.05) is 17.8 Å². The minimum atomic E-state index is 0.931. The Hall–Kier alpha value is -1.50. The second-order valence-electron chi connectivity index (χ2n) is 3.04. The SMILES string of the molecule is C=Cc1c(/C=C\C)cccc1NCC. The highest BCUT2D eigenvalue weighted by molar-refractivity contribution is 5.75. The van der Waals surface area contributed by atoms with Gasteiger partial charge in [-0.2, -0.15) is 0 Å². The lowest BCUT2D eigenvalue weighted by atomic mass is 10.0. The van der Waals surface area contributed by atoms with E-state index in [1.54, 1.807) is 0 Å². The van der Waals surface area contributed by atoms with Crippen molar-refractivity contribution in [3.05, 3.63) is 42.0 Å². The fraction of sp³-hybridized carbons (Fsp3) is 0.231. The van der Waals surface area contributed by atoms with E-state index >= 15 is 0 Å². The molecule has 0 aliphatic rings. The van der Waals surface area contributed by atoms with Crippen molar-refractivity contribution in [1.82, 2.24) is 0 Å². The predicted molar refractivity (Wildman–Crippen MR) is 65.4 cm³/mol. The van der Waals surface area contributed by atoms with Crippen LogP contribution >= 0.6 is 0 Å². The standard InChI is InChI=1S/C13H17N/c1-4-8-11-9-7-10-13(14-6-3)12(11)5-2/h4-5,7-10,14H,2,6H2,1,3H3/b8-4-. The van der Waals surface area contributed by atoms with Crippen molar-refractivity contribution >= 4 is 17.8 Å². The molecule has 0 amide bonds. The maximum absolute atomic E-state index is 3.84. The maximum atomic E-state index is 3.84. The summed E-state index contributed by atoms with van der Waals surface area (Å²) in [6, 6.07) is 6.23. The summed E-state index contributed by atoms with van der Waals surface area (Å²) in [7, 11) is 0. The smallest absolute Gasteiger partial charge is 0.0419 e. The zero-order valence-electron chi connectivity index (χ0n) is 8.88. The van der Waals surface area contributed by atoms with Crippen molar-refractivity contribution in [1.29, 1.82) is 0 Å². The first-order valence-corrected chi connectivity index (χ1v) is 4.95. The molecule has 0 atom stereocenters. The van der Waals surface area contributed by atoms with Gasteiger partial charge in [0.2, 0.25) is 0 Å². The quantitative estimate of drug-likeness (QED) is 0.756. The van der Waals surface area contributed by atoms with Crippen molar-refractivity contribution < 1.29 is 0 Å². The molecule has 0 fully saturated rings. The molecule has 1 rings (SSSR count). The van der Waals surface area contributed by atoms with E-state index in [4.69, 9.17) is 0 Å². The van der Waals surface area contributed by atoms with E-state index in [1.165, 1.54) is 11.1 Å². The lowest BCUT2D eigenvalue weighted by Gasteiger charge is -2.10. The van der Waals surface area contributed by atoms with Crippen molar-refractivity contribution in [3.8, 4) is 0 Å². The topological polar surface area (TPSA) is 12.0 Å². The average Bonchev–Trinajstić information content (AvgIpc) is 2.19. The molecule has 0 heterocycles. The lowest BCUT2D eigenvalue weighted by Crippen LogP contribution is -1.99. The third-order valence-corrected chi connectivity index (χ3v) is 2.06. The summed E-state index contributed by atoms with van der Waals surface area (Å²) in [6.45, 7) is 8.89. The highest BCUT2D eigenvalue weighted by Crippen LogP contribution is 2.22. The number of hydrogen-bond acceptors (Lipinski definition) is 1. The molecule has 1 aromatic carbocycles. The number of benzene rings is 1. The van der Waals surface area contributed by atoms with Crippen LogP contribution in [0.2, 0.25) is 0 Å². The first-order chi connectivity index (χ1) is 6.83. The molecule has 0 unspecified atom stereocenters. The largest absolute Gasteiger partial charge is 0.385 e. The van der Waals surface area contributed by atoms with Crippen LogP contribution in [0.3, 0.4) is 0 Å². The normalized spacial score (nSPS) is 10.4. The second-order valence-corrected chi connectivity index (χ2v) is 3.04. The molecule has 14 heavy (non-hydrogen) atoms. The summed E-state index contributed by atoms with van der Waals surface area (Å²) in [6.07, 6.45) is 6.03. The highest BCUT2D eigenvalue weighted by Gasteiger charge is 2.00. The highest BCUT2D eigenvalue weighted by atomic mass is 14.9. The summed E-state index contributed by atoms with van der Waals surface area (Å²) >= 11 is 0. The number of allylic oxidation sites excluding steroid dienone is 1. The van der Waals surface area contributed by atoms with Crippen LogP contribution < -0.4 is 5.32 Å². The molecule has 1 heteroatoms. The van der Waals surface area contributed by atoms with Gasteiger partial charge >= 0.3 is 0 Å². The van der Waals surface area contributed by atoms with Crippen LogP contribution in [0.4, 0.5) is 5.69 Å². The predicted octanol–water partition coefficient (Wildman–Crippen LogP) is 3.79. The average molecular weight is 187 g/mol. The Labute approximate surface area is 86.2 Å². The zero-order valence-corrected chi connectivity index (χ0v) is 8.88. The molecule has 1 aromatic rings. The molecule has 0 spiro atoms. The first kappa shape index (κ1) is 10.6. The van der Waals surface area contributed by atoms with E-state index in [0.717, 1.165) is 12.2 Å². The second kappa shape index (κ2) is 5.28. The van der Waals surface area contributed by atoms with Crippen molar-refractivity contribution in [2.45, 2.75) is 13.8 Å². The molecule has 1 nitrogen and oxygen atoms in total. The van der Waals surface area contributed by atoms with E-state index in [1.807, 2.05) is 19.1 Å². The van der Waals surface area contributed by atoms with Gasteiger partial charge in [-0.3, -0.25) is 0 Å². The Kier molecular flexibility index (Phi) is 3.99. The first-order valence-electron chi connectivity index (χ1n) is 4.95. The van der Waals surface area contributed by atoms with Gasteiger partial charge in [0.1, 0.15) is 0 Å². The van der Waals surface area contributed by atoms with E-state index in [0.29, 0.717) is 0 Å². The molecule has 0 bridgehead atoms. The van der Waals surface area contributed by atoms with E-state index in [9.17, 15) is 0 Å². The van der Waals surface area contributed by atoms with E-state index in [-0.39, 0.29) is 0 Å². The Morgan fingerprint density at radius 3 is 2.79 bits per heavy atom. The van der Waals surface area contributed by atoms with Gasteiger partial charge in [0.25, 0.3) is 0 Å². The molecule has 0 radical (unpaired) electrons. The fourth-order valence-corrected chi connectivity index (χ4v) is 1.48. The van der Waals surface area contributed by atoms with Gasteiger partial charge in [0.15, 0.2) is 0 Å². The summed E-state index contributed by atoms with van der Waals surface area (Å²) in [5.74, 6) is 0. The fourth-order valence-electron chi connectivity index (χ4n) is 1.48. The molecule has 74 valence electrons. The van der Waals surface area contributed by atoms with Crippen molar-refractivity contribution in [3.63, 3.8) is 0 Å². The van der Waals surface area contributed by atoms with Crippen LogP contribution in [-0.4, -0.2) is 6.54 Å². The van der Waals surface area contributed by atoms with Crippen molar-refractivity contribution in [2.75, 3.05) is 11.9 Å². The molecule has 1 N–H and O–H groups in total. The van der Waals surface area contributed by atoms with Crippen molar-refractivity contribution in [2.24, 2.45) is 0 Å². The molecule has 0 aromatic heterocycles. The minimum Gasteiger partial charge on any atom is -0.385 e. The minimum absolute atomic E-state index is 0.931. The third kappa shape index (κ3) is 2.25. The Bertz CT molecular complexity index is 337. The summed E-state index contributed by atoms with van der Waals surface area (Å²) < 4.78 is 0. The van der Waals surface area contributed by atoms with Crippen LogP contribution in [0, 0.1) is 0 Å². The lowest BCUT2D eigenvalue weighted by molar-refractivity contribution is 1.21. The molecular weight excluding hydrogens is 170 g/mol. The maximum Gasteiger partial charge on any atom is 0.0419 e. The Morgan fingerprint density at radius 1 is 1.43 bits per heavy atom. The molecule has 0 aliphatic carbocycles. The van der Waals surface area contributed by atoms with Gasteiger partial charge in [0.05, 0.1) is 0 Å². The zero-order chi connectivity index (χ0) is 10.4. The number of hydrogen-bond donors (Lipinski definition) is 1. The number of anilines is 1. The Balaban J connectivity index is 3.17. The van der Waals surface area contributed by atoms with Gasteiger partial charge in [-0.25, -0.2) is 0 Å². The third-order valence-electron chi connectivity index (χ3n) is 2.06. The summed E-state index contributed by atoms with van der Waals surface area (Å²) in [4.78, 5) is 0. The van der Waals surface area contributed by atoms with Crippen LogP contribution in [0.1, 0.15) is 25.0 Å². The van der Waals surface area contributed by atoms with Gasteiger partial charge in [-0.1, -0.05) is 36.9 Å². The molecule has 0 saturated carbocycles. The van der Waals surface area contributed by atoms with Crippen LogP contribution in [0.15, 0.2) is 30.9 Å². The molecule has 0 aliphatic heterocycles. The van der Waals surface area contributed by atoms with Crippen LogP contribution in [-0.2, 0) is 0 Å². The monoisotopic (exact) mass is 187 g/mol.